The summed E-state index contributed by atoms with van der Waals surface area (Å²) in [5.41, 5.74) is -5.73. The minimum absolute atomic E-state index is 0.0267. The first kappa shape index (κ1) is 20.5. The quantitative estimate of drug-likeness (QED) is 0.795. The van der Waals surface area contributed by atoms with Crippen LogP contribution in [-0.4, -0.2) is 39.0 Å². The lowest BCUT2D eigenvalue weighted by molar-refractivity contribution is -0.126. The number of carbonyl (C=O) groups is 1. The van der Waals surface area contributed by atoms with E-state index in [0.29, 0.717) is 18.9 Å². The Morgan fingerprint density at radius 2 is 1.81 bits per heavy atom. The molecule has 0 atom stereocenters. The molecule has 0 aromatic heterocycles. The molecule has 26 heavy (non-hydrogen) atoms. The highest BCUT2D eigenvalue weighted by Crippen LogP contribution is 2.37. The van der Waals surface area contributed by atoms with Gasteiger partial charge in [0.05, 0.1) is 5.69 Å². The third kappa shape index (κ3) is 4.28. The van der Waals surface area contributed by atoms with Gasteiger partial charge in [-0.15, -0.1) is 0 Å². The van der Waals surface area contributed by atoms with E-state index in [1.165, 1.54) is 4.90 Å². The van der Waals surface area contributed by atoms with E-state index in [4.69, 9.17) is 0 Å². The van der Waals surface area contributed by atoms with Gasteiger partial charge < -0.3 is 10.2 Å². The summed E-state index contributed by atoms with van der Waals surface area (Å²) >= 11 is 0. The van der Waals surface area contributed by atoms with Crippen molar-refractivity contribution in [3.8, 4) is 0 Å². The summed E-state index contributed by atoms with van der Waals surface area (Å²) in [6, 6.07) is 2.31. The predicted octanol–water partition coefficient (Wildman–Crippen LogP) is 2.86. The summed E-state index contributed by atoms with van der Waals surface area (Å²) in [4.78, 5) is 12.4. The van der Waals surface area contributed by atoms with E-state index in [1.807, 2.05) is 13.8 Å². The van der Waals surface area contributed by atoms with Crippen LogP contribution in [0.3, 0.4) is 0 Å². The minimum Gasteiger partial charge on any atom is -0.370 e. The van der Waals surface area contributed by atoms with E-state index in [-0.39, 0.29) is 36.6 Å². The second-order valence-corrected chi connectivity index (χ2v) is 8.40. The zero-order valence-electron chi connectivity index (χ0n) is 14.3. The molecule has 10 heteroatoms. The molecule has 0 radical (unpaired) electrons. The molecule has 1 fully saturated rings. The summed E-state index contributed by atoms with van der Waals surface area (Å²) in [6.45, 7) is 4.03. The molecule has 1 aliphatic heterocycles. The number of carbonyl (C=O) groups excluding carboxylic acids is 1. The summed E-state index contributed by atoms with van der Waals surface area (Å²) in [6.07, 6.45) is 0.725. The number of piperidine rings is 1. The first-order valence-electron chi connectivity index (χ1n) is 8.09. The highest BCUT2D eigenvalue weighted by atomic mass is 32.2. The first-order valence-corrected chi connectivity index (χ1v) is 9.58. The van der Waals surface area contributed by atoms with Gasteiger partial charge in [0.2, 0.25) is 5.91 Å². The Kier molecular flexibility index (Phi) is 5.84. The normalized spacial score (nSPS) is 16.8. The molecule has 1 heterocycles. The Morgan fingerprint density at radius 1 is 1.23 bits per heavy atom. The van der Waals surface area contributed by atoms with Crippen LogP contribution in [0, 0.1) is 11.7 Å². The minimum atomic E-state index is -5.69. The highest BCUT2D eigenvalue weighted by Gasteiger charge is 2.48. The number of hydrogen-bond acceptors (Lipinski definition) is 4. The number of benzene rings is 1. The number of rotatable bonds is 4. The predicted molar refractivity (Wildman–Crippen MR) is 87.9 cm³/mol. The van der Waals surface area contributed by atoms with E-state index in [2.05, 4.69) is 5.32 Å². The second-order valence-electron chi connectivity index (χ2n) is 6.49. The average Bonchev–Trinajstić information content (AvgIpc) is 2.53. The van der Waals surface area contributed by atoms with Crippen molar-refractivity contribution in [3.63, 3.8) is 0 Å². The van der Waals surface area contributed by atoms with Crippen LogP contribution in [0.5, 0.6) is 0 Å². The van der Waals surface area contributed by atoms with Crippen LogP contribution in [0.1, 0.15) is 26.7 Å². The monoisotopic (exact) mass is 396 g/mol. The molecule has 0 unspecified atom stereocenters. The molecule has 2 rings (SSSR count). The number of halogens is 4. The Morgan fingerprint density at radius 3 is 2.31 bits per heavy atom. The third-order valence-corrected chi connectivity index (χ3v) is 5.67. The number of nitrogens with zero attached hydrogens (tertiary/aromatic N) is 1. The van der Waals surface area contributed by atoms with Crippen LogP contribution < -0.4 is 10.2 Å². The van der Waals surface area contributed by atoms with Crippen LogP contribution in [0.25, 0.3) is 0 Å². The molecule has 1 aromatic carbocycles. The molecule has 1 N–H and O–H groups in total. The molecule has 1 aliphatic rings. The molecule has 0 saturated carbocycles. The van der Waals surface area contributed by atoms with Gasteiger partial charge in [-0.05, 0) is 44.9 Å². The zero-order valence-corrected chi connectivity index (χ0v) is 15.1. The summed E-state index contributed by atoms with van der Waals surface area (Å²) in [7, 11) is -5.69. The maximum absolute atomic E-state index is 13.4. The van der Waals surface area contributed by atoms with Gasteiger partial charge >= 0.3 is 5.51 Å². The number of nitrogens with one attached hydrogen (secondary N) is 1. The molecule has 146 valence electrons. The molecular formula is C16H20F4N2O3S. The fourth-order valence-electron chi connectivity index (χ4n) is 2.87. The number of anilines is 1. The maximum atomic E-state index is 13.4. The van der Waals surface area contributed by atoms with Gasteiger partial charge in [0.15, 0.2) is 0 Å². The van der Waals surface area contributed by atoms with Gasteiger partial charge in [-0.2, -0.15) is 13.2 Å². The molecular weight excluding hydrogens is 376 g/mol. The molecule has 1 saturated heterocycles. The molecule has 1 amide bonds. The van der Waals surface area contributed by atoms with Gasteiger partial charge in [0.25, 0.3) is 9.84 Å². The summed E-state index contributed by atoms with van der Waals surface area (Å²) < 4.78 is 75.7. The van der Waals surface area contributed by atoms with Crippen molar-refractivity contribution in [2.75, 3.05) is 18.0 Å². The Labute approximate surface area is 149 Å². The number of alkyl halides is 3. The van der Waals surface area contributed by atoms with Crippen molar-refractivity contribution in [1.29, 1.82) is 0 Å². The van der Waals surface area contributed by atoms with Crippen molar-refractivity contribution in [1.82, 2.24) is 5.32 Å². The van der Waals surface area contributed by atoms with Crippen molar-refractivity contribution in [2.24, 2.45) is 5.92 Å². The van der Waals surface area contributed by atoms with Crippen LogP contribution in [0.15, 0.2) is 23.1 Å². The van der Waals surface area contributed by atoms with Gasteiger partial charge in [0, 0.05) is 25.0 Å². The largest absolute Gasteiger partial charge is 0.501 e. The van der Waals surface area contributed by atoms with Gasteiger partial charge in [-0.3, -0.25) is 4.79 Å². The SMILES string of the molecule is CC(C)NC(=O)C1CCN(c2ccc(F)cc2S(=O)(=O)C(F)(F)F)CC1. The Hall–Kier alpha value is -1.84. The lowest BCUT2D eigenvalue weighted by Gasteiger charge is -2.34. The maximum Gasteiger partial charge on any atom is 0.501 e. The van der Waals surface area contributed by atoms with Crippen LogP contribution >= 0.6 is 0 Å². The van der Waals surface area contributed by atoms with E-state index >= 15 is 0 Å². The van der Waals surface area contributed by atoms with Crippen molar-refractivity contribution in [3.05, 3.63) is 24.0 Å². The lowest BCUT2D eigenvalue weighted by atomic mass is 9.95. The topological polar surface area (TPSA) is 66.5 Å². The van der Waals surface area contributed by atoms with Crippen LogP contribution in [0.2, 0.25) is 0 Å². The fourth-order valence-corrected chi connectivity index (χ4v) is 3.86. The molecule has 0 bridgehead atoms. The third-order valence-electron chi connectivity index (χ3n) is 4.15. The van der Waals surface area contributed by atoms with Crippen LogP contribution in [-0.2, 0) is 14.6 Å². The average molecular weight is 396 g/mol. The number of hydrogen-bond donors (Lipinski definition) is 1. The Balaban J connectivity index is 2.25. The van der Waals surface area contributed by atoms with Gasteiger partial charge in [-0.25, -0.2) is 12.8 Å². The van der Waals surface area contributed by atoms with Gasteiger partial charge in [0.1, 0.15) is 10.7 Å². The molecule has 0 spiro atoms. The molecule has 1 aromatic rings. The van der Waals surface area contributed by atoms with Crippen molar-refractivity contribution < 1.29 is 30.8 Å². The van der Waals surface area contributed by atoms with Gasteiger partial charge in [-0.1, -0.05) is 0 Å². The first-order chi connectivity index (χ1) is 11.9. The molecule has 5 nitrogen and oxygen atoms in total. The summed E-state index contributed by atoms with van der Waals surface area (Å²) in [5, 5.41) is 2.78. The molecule has 0 aliphatic carbocycles. The highest BCUT2D eigenvalue weighted by molar-refractivity contribution is 7.92. The van der Waals surface area contributed by atoms with E-state index in [0.717, 1.165) is 12.1 Å². The van der Waals surface area contributed by atoms with Crippen LogP contribution in [0.4, 0.5) is 23.2 Å². The standard InChI is InChI=1S/C16H20F4N2O3S/c1-10(2)21-15(23)11-5-7-22(8-6-11)13-4-3-12(17)9-14(13)26(24,25)16(18,19)20/h3-4,9-11H,5-8H2,1-2H3,(H,21,23). The van der Waals surface area contributed by atoms with E-state index < -0.39 is 26.1 Å². The van der Waals surface area contributed by atoms with Crippen molar-refractivity contribution in [2.45, 2.75) is 43.1 Å². The number of amides is 1. The van der Waals surface area contributed by atoms with E-state index in [9.17, 15) is 30.8 Å². The van der Waals surface area contributed by atoms with E-state index in [1.54, 1.807) is 0 Å². The number of sulfone groups is 1. The van der Waals surface area contributed by atoms with Crippen molar-refractivity contribution >= 4 is 21.4 Å². The smallest absolute Gasteiger partial charge is 0.370 e. The second kappa shape index (κ2) is 7.42. The lowest BCUT2D eigenvalue weighted by Crippen LogP contribution is -2.43. The Bertz CT molecular complexity index is 770. The summed E-state index contributed by atoms with van der Waals surface area (Å²) in [5.74, 6) is -1.50. The fraction of sp³-hybridized carbons (Fsp3) is 0.562. The zero-order chi connectivity index (χ0) is 19.7.